The van der Waals surface area contributed by atoms with E-state index in [1.807, 2.05) is 18.2 Å². The number of hydrogen-bond donors (Lipinski definition) is 2. The van der Waals surface area contributed by atoms with Crippen LogP contribution in [-0.4, -0.2) is 20.8 Å². The first-order valence-electron chi connectivity index (χ1n) is 5.61. The Morgan fingerprint density at radius 3 is 2.74 bits per heavy atom. The molecule has 0 aliphatic heterocycles. The lowest BCUT2D eigenvalue weighted by Crippen LogP contribution is -2.12. The minimum Gasteiger partial charge on any atom is -0.384 e. The molecule has 6 heteroatoms. The van der Waals surface area contributed by atoms with Crippen molar-refractivity contribution < 1.29 is 4.39 Å². The van der Waals surface area contributed by atoms with E-state index in [-0.39, 0.29) is 11.5 Å². The van der Waals surface area contributed by atoms with Crippen LogP contribution < -0.4 is 5.73 Å². The van der Waals surface area contributed by atoms with Crippen LogP contribution in [0.3, 0.4) is 0 Å². The monoisotopic (exact) mass is 255 g/mol. The number of nitrogen functional groups attached to an aromatic ring is 1. The maximum atomic E-state index is 14.1. The van der Waals surface area contributed by atoms with Crippen molar-refractivity contribution in [1.29, 1.82) is 5.41 Å². The van der Waals surface area contributed by atoms with Crippen molar-refractivity contribution in [2.75, 3.05) is 0 Å². The van der Waals surface area contributed by atoms with E-state index in [0.717, 1.165) is 5.52 Å². The summed E-state index contributed by atoms with van der Waals surface area (Å²) in [5.41, 5.74) is 7.35. The van der Waals surface area contributed by atoms with Crippen molar-refractivity contribution in [3.05, 3.63) is 53.8 Å². The Kier molecular flexibility index (Phi) is 2.49. The van der Waals surface area contributed by atoms with E-state index in [9.17, 15) is 4.39 Å². The van der Waals surface area contributed by atoms with Gasteiger partial charge in [0, 0.05) is 5.56 Å². The number of hydrogen-bond acceptors (Lipinski definition) is 3. The third kappa shape index (κ3) is 1.83. The van der Waals surface area contributed by atoms with Crippen LogP contribution in [0.4, 0.5) is 4.39 Å². The van der Waals surface area contributed by atoms with Gasteiger partial charge in [0.2, 0.25) is 0 Å². The molecule has 0 saturated heterocycles. The number of amidine groups is 1. The van der Waals surface area contributed by atoms with Gasteiger partial charge in [-0.2, -0.15) is 0 Å². The van der Waals surface area contributed by atoms with E-state index in [0.29, 0.717) is 11.1 Å². The highest BCUT2D eigenvalue weighted by Crippen LogP contribution is 2.19. The second-order valence-corrected chi connectivity index (χ2v) is 4.07. The fraction of sp³-hybridized carbons (Fsp3) is 0. The van der Waals surface area contributed by atoms with E-state index in [4.69, 9.17) is 11.1 Å². The molecule has 5 nitrogen and oxygen atoms in total. The lowest BCUT2D eigenvalue weighted by Gasteiger charge is -2.05. The Hall–Kier alpha value is -2.76. The smallest absolute Gasteiger partial charge is 0.149 e. The molecule has 3 aromatic rings. The summed E-state index contributed by atoms with van der Waals surface area (Å²) in [6, 6.07) is 11.6. The highest BCUT2D eigenvalue weighted by atomic mass is 19.1. The first kappa shape index (κ1) is 11.3. The number of nitrogens with zero attached hydrogens (tertiary/aromatic N) is 3. The van der Waals surface area contributed by atoms with Gasteiger partial charge in [-0.25, -0.2) is 9.07 Å². The second kappa shape index (κ2) is 4.16. The summed E-state index contributed by atoms with van der Waals surface area (Å²) in [6.07, 6.45) is 0. The summed E-state index contributed by atoms with van der Waals surface area (Å²) in [6.45, 7) is 0. The SMILES string of the molecule is N=C(N)c1ccc(-n2nnc3ccccc32)c(F)c1. The number of fused-ring (bicyclic) bond motifs is 1. The molecule has 0 atom stereocenters. The van der Waals surface area contributed by atoms with Crippen molar-refractivity contribution in [1.82, 2.24) is 15.0 Å². The van der Waals surface area contributed by atoms with Crippen LogP contribution in [0.2, 0.25) is 0 Å². The van der Waals surface area contributed by atoms with Gasteiger partial charge < -0.3 is 5.73 Å². The molecule has 1 heterocycles. The van der Waals surface area contributed by atoms with Gasteiger partial charge in [0.25, 0.3) is 0 Å². The minimum absolute atomic E-state index is 0.172. The van der Waals surface area contributed by atoms with Gasteiger partial charge in [-0.3, -0.25) is 5.41 Å². The quantitative estimate of drug-likeness (QED) is 0.541. The van der Waals surface area contributed by atoms with Crippen LogP contribution >= 0.6 is 0 Å². The van der Waals surface area contributed by atoms with Crippen LogP contribution in [0.1, 0.15) is 5.56 Å². The van der Waals surface area contributed by atoms with Gasteiger partial charge in [0.1, 0.15) is 22.9 Å². The number of nitrogens with two attached hydrogens (primary N) is 1. The predicted molar refractivity (Wildman–Crippen MR) is 69.8 cm³/mol. The van der Waals surface area contributed by atoms with Gasteiger partial charge in [-0.1, -0.05) is 17.3 Å². The Morgan fingerprint density at radius 2 is 2.00 bits per heavy atom. The Balaban J connectivity index is 2.19. The average Bonchev–Trinajstić information content (AvgIpc) is 2.82. The number of rotatable bonds is 2. The lowest BCUT2D eigenvalue weighted by atomic mass is 10.2. The summed E-state index contributed by atoms with van der Waals surface area (Å²) in [4.78, 5) is 0. The fourth-order valence-electron chi connectivity index (χ4n) is 1.89. The summed E-state index contributed by atoms with van der Waals surface area (Å²) >= 11 is 0. The Morgan fingerprint density at radius 1 is 1.21 bits per heavy atom. The van der Waals surface area contributed by atoms with Crippen molar-refractivity contribution in [2.24, 2.45) is 5.73 Å². The van der Waals surface area contributed by atoms with Gasteiger partial charge in [-0.15, -0.1) is 5.10 Å². The first-order chi connectivity index (χ1) is 9.16. The average molecular weight is 255 g/mol. The van der Waals surface area contributed by atoms with E-state index in [2.05, 4.69) is 10.3 Å². The van der Waals surface area contributed by atoms with Crippen molar-refractivity contribution in [3.63, 3.8) is 0 Å². The van der Waals surface area contributed by atoms with Crippen LogP contribution in [0.15, 0.2) is 42.5 Å². The van der Waals surface area contributed by atoms with Crippen molar-refractivity contribution in [2.45, 2.75) is 0 Å². The molecule has 0 spiro atoms. The third-order valence-corrected chi connectivity index (χ3v) is 2.84. The van der Waals surface area contributed by atoms with Crippen LogP contribution in [0.5, 0.6) is 0 Å². The van der Waals surface area contributed by atoms with Crippen LogP contribution in [0, 0.1) is 11.2 Å². The van der Waals surface area contributed by atoms with Gasteiger partial charge >= 0.3 is 0 Å². The number of aromatic nitrogens is 3. The molecule has 0 aliphatic rings. The highest BCUT2D eigenvalue weighted by Gasteiger charge is 2.11. The lowest BCUT2D eigenvalue weighted by molar-refractivity contribution is 0.609. The van der Waals surface area contributed by atoms with Crippen molar-refractivity contribution in [3.8, 4) is 5.69 Å². The van der Waals surface area contributed by atoms with E-state index in [1.165, 1.54) is 16.8 Å². The molecule has 3 N–H and O–H groups in total. The standard InChI is InChI=1S/C13H10FN5/c14-9-7-8(13(15)16)5-6-11(9)19-12-4-2-1-3-10(12)17-18-19/h1-7H,(H3,15,16). The topological polar surface area (TPSA) is 80.6 Å². The first-order valence-corrected chi connectivity index (χ1v) is 5.61. The molecule has 1 aromatic heterocycles. The molecule has 2 aromatic carbocycles. The summed E-state index contributed by atoms with van der Waals surface area (Å²) in [5.74, 6) is -0.669. The van der Waals surface area contributed by atoms with Gasteiger partial charge in [0.05, 0.1) is 5.52 Å². The summed E-state index contributed by atoms with van der Waals surface area (Å²) in [7, 11) is 0. The molecular weight excluding hydrogens is 245 g/mol. The zero-order chi connectivity index (χ0) is 13.4. The second-order valence-electron chi connectivity index (χ2n) is 4.07. The normalized spacial score (nSPS) is 10.8. The molecule has 19 heavy (non-hydrogen) atoms. The highest BCUT2D eigenvalue weighted by molar-refractivity contribution is 5.95. The Bertz CT molecular complexity index is 778. The van der Waals surface area contributed by atoms with E-state index in [1.54, 1.807) is 12.1 Å². The van der Waals surface area contributed by atoms with Gasteiger partial charge in [-0.05, 0) is 30.3 Å². The molecular formula is C13H10FN5. The zero-order valence-corrected chi connectivity index (χ0v) is 9.84. The van der Waals surface area contributed by atoms with Crippen LogP contribution in [0.25, 0.3) is 16.7 Å². The third-order valence-electron chi connectivity index (χ3n) is 2.84. The molecule has 0 amide bonds. The zero-order valence-electron chi connectivity index (χ0n) is 9.84. The molecule has 0 aliphatic carbocycles. The molecule has 0 radical (unpaired) electrons. The molecule has 0 bridgehead atoms. The molecule has 0 saturated carbocycles. The van der Waals surface area contributed by atoms with Crippen LogP contribution in [-0.2, 0) is 0 Å². The van der Waals surface area contributed by atoms with Gasteiger partial charge in [0.15, 0.2) is 0 Å². The van der Waals surface area contributed by atoms with Crippen molar-refractivity contribution >= 4 is 16.9 Å². The fourth-order valence-corrected chi connectivity index (χ4v) is 1.89. The number of para-hydroxylation sites is 1. The van der Waals surface area contributed by atoms with E-state index < -0.39 is 5.82 Å². The predicted octanol–water partition coefficient (Wildman–Crippen LogP) is 1.84. The maximum absolute atomic E-state index is 14.1. The Labute approximate surface area is 108 Å². The summed E-state index contributed by atoms with van der Waals surface area (Å²) < 4.78 is 15.5. The minimum atomic E-state index is -0.497. The number of nitrogens with one attached hydrogen (secondary N) is 1. The molecule has 0 fully saturated rings. The molecule has 0 unspecified atom stereocenters. The summed E-state index contributed by atoms with van der Waals surface area (Å²) in [5, 5.41) is 15.2. The van der Waals surface area contributed by atoms with E-state index >= 15 is 0 Å². The molecule has 94 valence electrons. The number of benzene rings is 2. The maximum Gasteiger partial charge on any atom is 0.149 e. The number of halogens is 1. The largest absolute Gasteiger partial charge is 0.384 e. The molecule has 3 rings (SSSR count).